The van der Waals surface area contributed by atoms with Crippen molar-refractivity contribution in [1.82, 2.24) is 10.6 Å². The first kappa shape index (κ1) is 21.4. The highest BCUT2D eigenvalue weighted by molar-refractivity contribution is 5.79. The third-order valence-corrected chi connectivity index (χ3v) is 4.26. The molecule has 0 atom stereocenters. The summed E-state index contributed by atoms with van der Waals surface area (Å²) in [4.78, 5) is 6.23. The fourth-order valence-corrected chi connectivity index (χ4v) is 2.83. The maximum absolute atomic E-state index is 14.4. The predicted molar refractivity (Wildman–Crippen MR) is 108 cm³/mol. The van der Waals surface area contributed by atoms with Gasteiger partial charge in [-0.25, -0.2) is 4.39 Å². The van der Waals surface area contributed by atoms with Gasteiger partial charge in [0, 0.05) is 46.4 Å². The molecule has 1 aromatic carbocycles. The second kappa shape index (κ2) is 11.8. The smallest absolute Gasteiger partial charge is 0.191 e. The normalized spacial score (nSPS) is 15.3. The number of halogens is 1. The molecule has 2 rings (SSSR count). The molecule has 7 heteroatoms. The molecule has 0 unspecified atom stereocenters. The Morgan fingerprint density at radius 3 is 2.74 bits per heavy atom. The number of hydrogen-bond donors (Lipinski definition) is 2. The zero-order valence-corrected chi connectivity index (χ0v) is 16.8. The first-order valence-electron chi connectivity index (χ1n) is 9.73. The van der Waals surface area contributed by atoms with Crippen LogP contribution in [0.2, 0.25) is 0 Å². The van der Waals surface area contributed by atoms with Crippen LogP contribution in [-0.4, -0.2) is 59.1 Å². The number of hydrogen-bond acceptors (Lipinski definition) is 4. The molecule has 0 aromatic heterocycles. The monoisotopic (exact) mass is 380 g/mol. The van der Waals surface area contributed by atoms with Gasteiger partial charge in [0.2, 0.25) is 0 Å². The Morgan fingerprint density at radius 2 is 2.07 bits per heavy atom. The van der Waals surface area contributed by atoms with E-state index in [2.05, 4.69) is 29.5 Å². The number of rotatable bonds is 9. The van der Waals surface area contributed by atoms with Crippen LogP contribution in [0.25, 0.3) is 0 Å². The van der Waals surface area contributed by atoms with Crippen molar-refractivity contribution in [2.24, 2.45) is 10.9 Å². The van der Waals surface area contributed by atoms with Gasteiger partial charge in [0.1, 0.15) is 5.82 Å². The molecule has 1 saturated heterocycles. The number of nitrogens with zero attached hydrogens (tertiary/aromatic N) is 2. The molecular formula is C20H33FN4O2. The molecule has 1 heterocycles. The van der Waals surface area contributed by atoms with Crippen LogP contribution in [0.3, 0.4) is 0 Å². The number of anilines is 1. The molecule has 6 nitrogen and oxygen atoms in total. The summed E-state index contributed by atoms with van der Waals surface area (Å²) in [6.45, 7) is 9.85. The van der Waals surface area contributed by atoms with Gasteiger partial charge in [-0.2, -0.15) is 0 Å². The van der Waals surface area contributed by atoms with Crippen molar-refractivity contribution in [3.63, 3.8) is 0 Å². The number of benzene rings is 1. The van der Waals surface area contributed by atoms with Gasteiger partial charge in [0.05, 0.1) is 18.9 Å². The van der Waals surface area contributed by atoms with E-state index in [0.29, 0.717) is 37.3 Å². The van der Waals surface area contributed by atoms with Gasteiger partial charge in [-0.15, -0.1) is 0 Å². The molecule has 0 saturated carbocycles. The number of ether oxygens (including phenoxy) is 2. The number of aliphatic imine (C=N–C) groups is 1. The van der Waals surface area contributed by atoms with E-state index in [1.54, 1.807) is 13.1 Å². The average Bonchev–Trinajstić information content (AvgIpc) is 2.67. The Hall–Kier alpha value is -1.86. The number of guanidine groups is 1. The molecule has 0 spiro atoms. The molecule has 152 valence electrons. The molecule has 0 aliphatic carbocycles. The van der Waals surface area contributed by atoms with E-state index in [0.717, 1.165) is 44.8 Å². The zero-order valence-electron chi connectivity index (χ0n) is 16.8. The first-order chi connectivity index (χ1) is 13.1. The zero-order chi connectivity index (χ0) is 19.5. The van der Waals surface area contributed by atoms with Crippen molar-refractivity contribution in [3.8, 4) is 0 Å². The number of nitrogens with one attached hydrogen (secondary N) is 2. The van der Waals surface area contributed by atoms with E-state index in [1.807, 2.05) is 17.0 Å². The lowest BCUT2D eigenvalue weighted by molar-refractivity contribution is 0.108. The summed E-state index contributed by atoms with van der Waals surface area (Å²) in [7, 11) is 1.73. The van der Waals surface area contributed by atoms with Crippen LogP contribution in [0.1, 0.15) is 25.8 Å². The molecule has 0 bridgehead atoms. The Morgan fingerprint density at radius 1 is 1.30 bits per heavy atom. The molecule has 2 N–H and O–H groups in total. The van der Waals surface area contributed by atoms with E-state index >= 15 is 0 Å². The lowest BCUT2D eigenvalue weighted by atomic mass is 10.1. The molecular weight excluding hydrogens is 347 g/mol. The fraction of sp³-hybridized carbons (Fsp3) is 0.650. The van der Waals surface area contributed by atoms with E-state index in [9.17, 15) is 4.39 Å². The van der Waals surface area contributed by atoms with Crippen LogP contribution in [0.5, 0.6) is 0 Å². The highest BCUT2D eigenvalue weighted by Gasteiger charge is 2.15. The van der Waals surface area contributed by atoms with E-state index in [-0.39, 0.29) is 5.82 Å². The largest absolute Gasteiger partial charge is 0.381 e. The minimum absolute atomic E-state index is 0.193. The SMILES string of the molecule is CN=C(NCCCOCC(C)C)NCc1ccc(N2CCOCC2)c(F)c1. The van der Waals surface area contributed by atoms with Crippen molar-refractivity contribution in [3.05, 3.63) is 29.6 Å². The van der Waals surface area contributed by atoms with Crippen molar-refractivity contribution >= 4 is 11.6 Å². The second-order valence-electron chi connectivity index (χ2n) is 7.06. The molecule has 1 aliphatic heterocycles. The van der Waals surface area contributed by atoms with E-state index in [1.165, 1.54) is 0 Å². The highest BCUT2D eigenvalue weighted by atomic mass is 19.1. The lowest BCUT2D eigenvalue weighted by Crippen LogP contribution is -2.38. The summed E-state index contributed by atoms with van der Waals surface area (Å²) in [6, 6.07) is 5.39. The minimum Gasteiger partial charge on any atom is -0.381 e. The van der Waals surface area contributed by atoms with Crippen LogP contribution in [-0.2, 0) is 16.0 Å². The van der Waals surface area contributed by atoms with E-state index in [4.69, 9.17) is 9.47 Å². The molecule has 27 heavy (non-hydrogen) atoms. The maximum atomic E-state index is 14.4. The molecule has 1 aromatic rings. The molecule has 0 amide bonds. The highest BCUT2D eigenvalue weighted by Crippen LogP contribution is 2.21. The van der Waals surface area contributed by atoms with Gasteiger partial charge in [0.25, 0.3) is 0 Å². The Bertz CT molecular complexity index is 589. The summed E-state index contributed by atoms with van der Waals surface area (Å²) >= 11 is 0. The second-order valence-corrected chi connectivity index (χ2v) is 7.06. The minimum atomic E-state index is -0.193. The van der Waals surface area contributed by atoms with Crippen LogP contribution in [0.4, 0.5) is 10.1 Å². The van der Waals surface area contributed by atoms with Crippen molar-refractivity contribution in [1.29, 1.82) is 0 Å². The van der Waals surface area contributed by atoms with E-state index < -0.39 is 0 Å². The van der Waals surface area contributed by atoms with Crippen LogP contribution in [0.15, 0.2) is 23.2 Å². The van der Waals surface area contributed by atoms with Crippen LogP contribution in [0, 0.1) is 11.7 Å². The molecule has 0 radical (unpaired) electrons. The van der Waals surface area contributed by atoms with Gasteiger partial charge in [-0.05, 0) is 30.0 Å². The van der Waals surface area contributed by atoms with Crippen molar-refractivity contribution < 1.29 is 13.9 Å². The van der Waals surface area contributed by atoms with Gasteiger partial charge in [0.15, 0.2) is 5.96 Å². The summed E-state index contributed by atoms with van der Waals surface area (Å²) in [6.07, 6.45) is 0.913. The Balaban J connectivity index is 1.73. The Labute approximate surface area is 162 Å². The third kappa shape index (κ3) is 7.72. The lowest BCUT2D eigenvalue weighted by Gasteiger charge is -2.29. The van der Waals surface area contributed by atoms with Crippen molar-refractivity contribution in [2.45, 2.75) is 26.8 Å². The van der Waals surface area contributed by atoms with Crippen molar-refractivity contribution in [2.75, 3.05) is 58.0 Å². The third-order valence-electron chi connectivity index (χ3n) is 4.26. The average molecular weight is 381 g/mol. The summed E-state index contributed by atoms with van der Waals surface area (Å²) in [5, 5.41) is 6.47. The molecule has 1 aliphatic rings. The summed E-state index contributed by atoms with van der Waals surface area (Å²) in [5.74, 6) is 1.07. The number of morpholine rings is 1. The fourth-order valence-electron chi connectivity index (χ4n) is 2.83. The van der Waals surface area contributed by atoms with Gasteiger partial charge in [-0.3, -0.25) is 4.99 Å². The van der Waals surface area contributed by atoms with Crippen LogP contribution >= 0.6 is 0 Å². The van der Waals surface area contributed by atoms with Crippen LogP contribution < -0.4 is 15.5 Å². The first-order valence-corrected chi connectivity index (χ1v) is 9.73. The van der Waals surface area contributed by atoms with Gasteiger partial charge in [-0.1, -0.05) is 19.9 Å². The van der Waals surface area contributed by atoms with Gasteiger partial charge >= 0.3 is 0 Å². The maximum Gasteiger partial charge on any atom is 0.191 e. The quantitative estimate of drug-likeness (QED) is 0.391. The Kier molecular flexibility index (Phi) is 9.35. The standard InChI is InChI=1S/C20H33FN4O2/c1-16(2)15-27-10-4-7-23-20(22-3)24-14-17-5-6-19(18(21)13-17)25-8-11-26-12-9-25/h5-6,13,16H,4,7-12,14-15H2,1-3H3,(H2,22,23,24). The topological polar surface area (TPSA) is 58.1 Å². The summed E-state index contributed by atoms with van der Waals surface area (Å²) in [5.41, 5.74) is 1.53. The predicted octanol–water partition coefficient (Wildman–Crippen LogP) is 2.39. The summed E-state index contributed by atoms with van der Waals surface area (Å²) < 4.78 is 25.3. The van der Waals surface area contributed by atoms with Gasteiger partial charge < -0.3 is 25.0 Å². The molecule has 1 fully saturated rings.